The van der Waals surface area contributed by atoms with Gasteiger partial charge < -0.3 is 26.7 Å². The van der Waals surface area contributed by atoms with Crippen LogP contribution in [-0.4, -0.2) is 32.0 Å². The molecular weight excluding hydrogens is 415 g/mol. The lowest BCUT2D eigenvalue weighted by molar-refractivity contribution is 0.309. The Kier molecular flexibility index (Phi) is 10.2. The second kappa shape index (κ2) is 12.3. The molecule has 8 heteroatoms. The smallest absolute Gasteiger partial charge is 0.494 e. The number of hydrogen-bond donors (Lipinski definition) is 0. The van der Waals surface area contributed by atoms with Gasteiger partial charge >= 0.3 is 7.25 Å². The van der Waals surface area contributed by atoms with E-state index in [1.807, 2.05) is 0 Å². The SMILES string of the molecule is CCCCOc1ccc2c(OCCCC)ccc([S+]3CCCC3)c2c1.F[B-](F)(F)F. The molecule has 1 aliphatic heterocycles. The third-order valence-corrected chi connectivity index (χ3v) is 7.31. The Labute approximate surface area is 179 Å². The van der Waals surface area contributed by atoms with Crippen molar-refractivity contribution in [3.8, 4) is 11.5 Å². The van der Waals surface area contributed by atoms with Gasteiger partial charge in [0.1, 0.15) is 23.0 Å². The van der Waals surface area contributed by atoms with Crippen LogP contribution in [0.2, 0.25) is 0 Å². The quantitative estimate of drug-likeness (QED) is 0.175. The maximum atomic E-state index is 9.75. The van der Waals surface area contributed by atoms with Crippen LogP contribution in [0.3, 0.4) is 0 Å². The van der Waals surface area contributed by atoms with Crippen molar-refractivity contribution < 1.29 is 26.7 Å². The summed E-state index contributed by atoms with van der Waals surface area (Å²) >= 11 is 0. The third-order valence-electron chi connectivity index (χ3n) is 4.77. The highest BCUT2D eigenvalue weighted by molar-refractivity contribution is 7.97. The number of unbranched alkanes of at least 4 members (excludes halogenated alkanes) is 2. The lowest BCUT2D eigenvalue weighted by Gasteiger charge is -2.13. The minimum Gasteiger partial charge on any atom is -0.494 e. The predicted molar refractivity (Wildman–Crippen MR) is 120 cm³/mol. The maximum absolute atomic E-state index is 9.75. The molecule has 1 heterocycles. The van der Waals surface area contributed by atoms with E-state index in [1.54, 1.807) is 0 Å². The molecule has 0 N–H and O–H groups in total. The molecule has 0 atom stereocenters. The van der Waals surface area contributed by atoms with Gasteiger partial charge in [-0.1, -0.05) is 26.7 Å². The molecule has 2 nitrogen and oxygen atoms in total. The van der Waals surface area contributed by atoms with Crippen molar-refractivity contribution in [2.75, 3.05) is 24.7 Å². The van der Waals surface area contributed by atoms with Gasteiger partial charge in [0.25, 0.3) is 0 Å². The Morgan fingerprint density at radius 3 is 2.03 bits per heavy atom. The topological polar surface area (TPSA) is 18.5 Å². The number of hydrogen-bond acceptors (Lipinski definition) is 2. The zero-order valence-electron chi connectivity index (χ0n) is 17.8. The van der Waals surface area contributed by atoms with Crippen molar-refractivity contribution >= 4 is 28.9 Å². The van der Waals surface area contributed by atoms with Gasteiger partial charge in [0.2, 0.25) is 0 Å². The van der Waals surface area contributed by atoms with Gasteiger partial charge in [-0.2, -0.15) is 0 Å². The first-order valence-electron chi connectivity index (χ1n) is 10.7. The van der Waals surface area contributed by atoms with E-state index in [-0.39, 0.29) is 0 Å². The predicted octanol–water partition coefficient (Wildman–Crippen LogP) is 7.27. The van der Waals surface area contributed by atoms with E-state index < -0.39 is 7.25 Å². The Hall–Kier alpha value is -1.57. The zero-order valence-corrected chi connectivity index (χ0v) is 18.6. The lowest BCUT2D eigenvalue weighted by Crippen LogP contribution is -2.06. The largest absolute Gasteiger partial charge is 0.673 e. The molecule has 0 radical (unpaired) electrons. The monoisotopic (exact) mass is 446 g/mol. The molecule has 1 saturated heterocycles. The van der Waals surface area contributed by atoms with Gasteiger partial charge in [0.15, 0.2) is 4.90 Å². The first-order chi connectivity index (χ1) is 14.3. The molecule has 0 aromatic heterocycles. The van der Waals surface area contributed by atoms with Crippen molar-refractivity contribution in [1.82, 2.24) is 0 Å². The van der Waals surface area contributed by atoms with Gasteiger partial charge in [0.05, 0.1) is 13.2 Å². The number of benzene rings is 2. The first kappa shape index (κ1) is 24.7. The molecule has 0 spiro atoms. The number of fused-ring (bicyclic) bond motifs is 1. The number of ether oxygens (including phenoxy) is 2. The molecule has 0 amide bonds. The molecular formula is C22H31BF4O2S. The summed E-state index contributed by atoms with van der Waals surface area (Å²) in [4.78, 5) is 1.51. The van der Waals surface area contributed by atoms with E-state index in [2.05, 4.69) is 44.2 Å². The fourth-order valence-corrected chi connectivity index (χ4v) is 5.77. The van der Waals surface area contributed by atoms with Crippen molar-refractivity contribution in [3.05, 3.63) is 30.3 Å². The average Bonchev–Trinajstić information content (AvgIpc) is 3.21. The molecule has 2 aromatic rings. The Balaban J connectivity index is 0.000000575. The van der Waals surface area contributed by atoms with E-state index in [1.165, 1.54) is 40.0 Å². The van der Waals surface area contributed by atoms with Crippen molar-refractivity contribution in [1.29, 1.82) is 0 Å². The van der Waals surface area contributed by atoms with Crippen molar-refractivity contribution in [2.45, 2.75) is 57.3 Å². The molecule has 0 saturated carbocycles. The highest BCUT2D eigenvalue weighted by atomic mass is 32.2. The van der Waals surface area contributed by atoms with Gasteiger partial charge in [-0.25, -0.2) is 0 Å². The number of rotatable bonds is 9. The van der Waals surface area contributed by atoms with Crippen LogP contribution in [0.1, 0.15) is 52.4 Å². The van der Waals surface area contributed by atoms with Crippen LogP contribution in [0.5, 0.6) is 11.5 Å². The van der Waals surface area contributed by atoms with Gasteiger partial charge in [-0.15, -0.1) is 0 Å². The summed E-state index contributed by atoms with van der Waals surface area (Å²) < 4.78 is 51.1. The van der Waals surface area contributed by atoms with Crippen molar-refractivity contribution in [3.63, 3.8) is 0 Å². The Morgan fingerprint density at radius 1 is 0.833 bits per heavy atom. The van der Waals surface area contributed by atoms with E-state index >= 15 is 0 Å². The molecule has 168 valence electrons. The summed E-state index contributed by atoms with van der Waals surface area (Å²) in [5.41, 5.74) is 0. The lowest BCUT2D eigenvalue weighted by atomic mass is 10.1. The van der Waals surface area contributed by atoms with Gasteiger partial charge in [-0.3, -0.25) is 0 Å². The Bertz CT molecular complexity index is 774. The summed E-state index contributed by atoms with van der Waals surface area (Å²) in [6, 6.07) is 11.1. The molecule has 0 unspecified atom stereocenters. The third kappa shape index (κ3) is 8.28. The average molecular weight is 446 g/mol. The zero-order chi connectivity index (χ0) is 22.0. The fraction of sp³-hybridized carbons (Fsp3) is 0.545. The first-order valence-corrected chi connectivity index (χ1v) is 12.3. The van der Waals surface area contributed by atoms with E-state index in [9.17, 15) is 17.3 Å². The molecule has 3 rings (SSSR count). The van der Waals surface area contributed by atoms with Gasteiger partial charge in [-0.05, 0) is 56.0 Å². The molecule has 0 bridgehead atoms. The summed E-state index contributed by atoms with van der Waals surface area (Å²) in [6.07, 6.45) is 7.27. The van der Waals surface area contributed by atoms with Crippen LogP contribution in [0, 0.1) is 0 Å². The minimum atomic E-state index is -6.00. The van der Waals surface area contributed by atoms with E-state index in [4.69, 9.17) is 9.47 Å². The molecule has 0 aliphatic carbocycles. The fourth-order valence-electron chi connectivity index (χ4n) is 3.28. The second-order valence-electron chi connectivity index (χ2n) is 7.28. The normalized spacial score (nSPS) is 14.5. The van der Waals surface area contributed by atoms with Crippen molar-refractivity contribution in [2.24, 2.45) is 0 Å². The molecule has 30 heavy (non-hydrogen) atoms. The number of halogens is 4. The second-order valence-corrected chi connectivity index (χ2v) is 9.52. The minimum absolute atomic E-state index is 0.392. The van der Waals surface area contributed by atoms with Crippen LogP contribution in [-0.2, 0) is 10.9 Å². The molecule has 1 aliphatic rings. The summed E-state index contributed by atoms with van der Waals surface area (Å²) in [5.74, 6) is 4.70. The van der Waals surface area contributed by atoms with Crippen LogP contribution >= 0.6 is 0 Å². The highest BCUT2D eigenvalue weighted by Crippen LogP contribution is 2.36. The highest BCUT2D eigenvalue weighted by Gasteiger charge is 2.29. The molecule has 2 aromatic carbocycles. The Morgan fingerprint density at radius 2 is 1.43 bits per heavy atom. The summed E-state index contributed by atoms with van der Waals surface area (Å²) in [6.45, 7) is 6.00. The summed E-state index contributed by atoms with van der Waals surface area (Å²) in [7, 11) is -5.61. The van der Waals surface area contributed by atoms with Crippen LogP contribution in [0.25, 0.3) is 10.8 Å². The van der Waals surface area contributed by atoms with E-state index in [0.717, 1.165) is 50.4 Å². The van der Waals surface area contributed by atoms with Crippen LogP contribution in [0.4, 0.5) is 17.3 Å². The van der Waals surface area contributed by atoms with Gasteiger partial charge in [0, 0.05) is 21.7 Å². The molecule has 1 fully saturated rings. The summed E-state index contributed by atoms with van der Waals surface area (Å²) in [5, 5.41) is 2.59. The van der Waals surface area contributed by atoms with E-state index in [0.29, 0.717) is 10.9 Å². The maximum Gasteiger partial charge on any atom is 0.673 e. The van der Waals surface area contributed by atoms with Crippen LogP contribution < -0.4 is 9.47 Å². The van der Waals surface area contributed by atoms with Crippen LogP contribution in [0.15, 0.2) is 35.2 Å². The standard InChI is InChI=1S/C22H31O2S.BF4/c1-3-5-13-23-18-9-10-19-20(17-18)22(25-15-7-8-16-25)12-11-21(19)24-14-6-4-2;2-1(3,4)5/h9-12,17H,3-8,13-16H2,1-2H3;/q+1;-1.